The molecule has 0 aliphatic heterocycles. The maximum atomic E-state index is 11.2. The lowest BCUT2D eigenvalue weighted by Gasteiger charge is -2.14. The lowest BCUT2D eigenvalue weighted by Crippen LogP contribution is -2.18. The Morgan fingerprint density at radius 1 is 1.40 bits per heavy atom. The number of rotatable bonds is 5. The summed E-state index contributed by atoms with van der Waals surface area (Å²) in [7, 11) is 1.52. The molecule has 1 atom stereocenters. The Bertz CT molecular complexity index is 686. The van der Waals surface area contributed by atoms with Crippen molar-refractivity contribution in [3.05, 3.63) is 46.8 Å². The summed E-state index contributed by atoms with van der Waals surface area (Å²) in [6, 6.07) is 6.27. The van der Waals surface area contributed by atoms with Gasteiger partial charge in [0.1, 0.15) is 18.3 Å². The SMILES string of the molecule is C=C(C)[C@H](O)COc1cc2oc(=O)ccc2cc1OC. The Morgan fingerprint density at radius 3 is 2.80 bits per heavy atom. The number of hydrogen-bond donors (Lipinski definition) is 1. The van der Waals surface area contributed by atoms with Crippen molar-refractivity contribution in [2.24, 2.45) is 0 Å². The van der Waals surface area contributed by atoms with Gasteiger partial charge in [0.05, 0.1) is 7.11 Å². The van der Waals surface area contributed by atoms with Crippen LogP contribution in [0.5, 0.6) is 11.5 Å². The van der Waals surface area contributed by atoms with Crippen LogP contribution in [0.25, 0.3) is 11.0 Å². The molecule has 2 rings (SSSR count). The molecule has 0 bridgehead atoms. The first kappa shape index (κ1) is 14.1. The Balaban J connectivity index is 2.35. The first-order valence-corrected chi connectivity index (χ1v) is 6.09. The highest BCUT2D eigenvalue weighted by atomic mass is 16.5. The van der Waals surface area contributed by atoms with Crippen LogP contribution in [0.1, 0.15) is 6.92 Å². The molecule has 0 saturated heterocycles. The Kier molecular flexibility index (Phi) is 4.10. The Hall–Kier alpha value is -2.27. The van der Waals surface area contributed by atoms with Gasteiger partial charge < -0.3 is 19.0 Å². The van der Waals surface area contributed by atoms with Gasteiger partial charge in [-0.15, -0.1) is 0 Å². The molecule has 1 aromatic heterocycles. The highest BCUT2D eigenvalue weighted by Crippen LogP contribution is 2.32. The number of fused-ring (bicyclic) bond motifs is 1. The average molecular weight is 276 g/mol. The summed E-state index contributed by atoms with van der Waals surface area (Å²) in [4.78, 5) is 11.2. The molecule has 0 amide bonds. The molecular weight excluding hydrogens is 260 g/mol. The molecular formula is C15H16O5. The fourth-order valence-corrected chi connectivity index (χ4v) is 1.66. The molecule has 1 aromatic carbocycles. The summed E-state index contributed by atoms with van der Waals surface area (Å²) >= 11 is 0. The standard InChI is InChI=1S/C15H16O5/c1-9(2)11(16)8-19-14-7-12-10(6-13(14)18-3)4-5-15(17)20-12/h4-7,11,16H,1,8H2,2-3H3/t11-/m1/s1. The van der Waals surface area contributed by atoms with Gasteiger partial charge in [0.2, 0.25) is 0 Å². The average Bonchev–Trinajstić information content (AvgIpc) is 2.43. The van der Waals surface area contributed by atoms with Crippen molar-refractivity contribution >= 4 is 11.0 Å². The normalized spacial score (nSPS) is 12.2. The van der Waals surface area contributed by atoms with Crippen molar-refractivity contribution in [2.45, 2.75) is 13.0 Å². The van der Waals surface area contributed by atoms with Crippen molar-refractivity contribution in [2.75, 3.05) is 13.7 Å². The largest absolute Gasteiger partial charge is 0.493 e. The van der Waals surface area contributed by atoms with Gasteiger partial charge in [0.25, 0.3) is 0 Å². The zero-order chi connectivity index (χ0) is 14.7. The molecule has 1 N–H and O–H groups in total. The van der Waals surface area contributed by atoms with Crippen molar-refractivity contribution < 1.29 is 19.0 Å². The maximum Gasteiger partial charge on any atom is 0.336 e. The maximum absolute atomic E-state index is 11.2. The molecule has 2 aromatic rings. The number of aliphatic hydroxyl groups excluding tert-OH is 1. The third kappa shape index (κ3) is 3.00. The van der Waals surface area contributed by atoms with E-state index >= 15 is 0 Å². The van der Waals surface area contributed by atoms with E-state index in [1.807, 2.05) is 0 Å². The summed E-state index contributed by atoms with van der Waals surface area (Å²) in [5, 5.41) is 10.4. The van der Waals surface area contributed by atoms with Crippen molar-refractivity contribution in [1.29, 1.82) is 0 Å². The highest BCUT2D eigenvalue weighted by molar-refractivity contribution is 5.80. The monoisotopic (exact) mass is 276 g/mol. The van der Waals surface area contributed by atoms with E-state index in [9.17, 15) is 9.90 Å². The minimum atomic E-state index is -0.766. The fourth-order valence-electron chi connectivity index (χ4n) is 1.66. The summed E-state index contributed by atoms with van der Waals surface area (Å²) in [5.41, 5.74) is 0.574. The number of hydrogen-bond acceptors (Lipinski definition) is 5. The smallest absolute Gasteiger partial charge is 0.336 e. The van der Waals surface area contributed by atoms with Gasteiger partial charge in [-0.25, -0.2) is 4.79 Å². The summed E-state index contributed by atoms with van der Waals surface area (Å²) in [6.07, 6.45) is -0.766. The second-order valence-corrected chi connectivity index (χ2v) is 4.47. The van der Waals surface area contributed by atoms with E-state index in [-0.39, 0.29) is 6.61 Å². The van der Waals surface area contributed by atoms with Gasteiger partial charge in [0.15, 0.2) is 11.5 Å². The van der Waals surface area contributed by atoms with E-state index in [4.69, 9.17) is 13.9 Å². The van der Waals surface area contributed by atoms with Gasteiger partial charge in [-0.3, -0.25) is 0 Å². The minimum Gasteiger partial charge on any atom is -0.493 e. The molecule has 106 valence electrons. The van der Waals surface area contributed by atoms with Crippen LogP contribution in [-0.4, -0.2) is 24.9 Å². The topological polar surface area (TPSA) is 68.9 Å². The first-order chi connectivity index (χ1) is 9.51. The predicted molar refractivity (Wildman–Crippen MR) is 75.4 cm³/mol. The van der Waals surface area contributed by atoms with E-state index in [0.717, 1.165) is 5.39 Å². The second kappa shape index (κ2) is 5.79. The third-order valence-electron chi connectivity index (χ3n) is 2.87. The van der Waals surface area contributed by atoms with Crippen LogP contribution in [0.3, 0.4) is 0 Å². The van der Waals surface area contributed by atoms with E-state index in [1.165, 1.54) is 13.2 Å². The Labute approximate surface area is 116 Å². The van der Waals surface area contributed by atoms with Crippen molar-refractivity contribution in [3.8, 4) is 11.5 Å². The quantitative estimate of drug-likeness (QED) is 0.669. The molecule has 0 radical (unpaired) electrons. The molecule has 5 nitrogen and oxygen atoms in total. The van der Waals surface area contributed by atoms with Crippen molar-refractivity contribution in [3.63, 3.8) is 0 Å². The molecule has 0 aliphatic rings. The van der Waals surface area contributed by atoms with Gasteiger partial charge in [-0.1, -0.05) is 6.58 Å². The van der Waals surface area contributed by atoms with E-state index < -0.39 is 11.7 Å². The zero-order valence-corrected chi connectivity index (χ0v) is 11.4. The number of ether oxygens (including phenoxy) is 2. The second-order valence-electron chi connectivity index (χ2n) is 4.47. The molecule has 0 spiro atoms. The first-order valence-electron chi connectivity index (χ1n) is 6.09. The van der Waals surface area contributed by atoms with Crippen LogP contribution in [-0.2, 0) is 0 Å². The van der Waals surface area contributed by atoms with Crippen LogP contribution in [0.15, 0.2) is 45.6 Å². The van der Waals surface area contributed by atoms with E-state index in [2.05, 4.69) is 6.58 Å². The number of benzene rings is 1. The lowest BCUT2D eigenvalue weighted by atomic mass is 10.2. The molecule has 0 aliphatic carbocycles. The van der Waals surface area contributed by atoms with Crippen LogP contribution in [0.2, 0.25) is 0 Å². The third-order valence-corrected chi connectivity index (χ3v) is 2.87. The van der Waals surface area contributed by atoms with Crippen LogP contribution in [0, 0.1) is 0 Å². The summed E-state index contributed by atoms with van der Waals surface area (Å²) < 4.78 is 15.8. The van der Waals surface area contributed by atoms with E-state index in [1.54, 1.807) is 25.1 Å². The molecule has 1 heterocycles. The molecule has 0 saturated carbocycles. The lowest BCUT2D eigenvalue weighted by molar-refractivity contribution is 0.133. The predicted octanol–water partition coefficient (Wildman–Crippen LogP) is 2.12. The van der Waals surface area contributed by atoms with Gasteiger partial charge in [-0.2, -0.15) is 0 Å². The number of aliphatic hydroxyl groups is 1. The van der Waals surface area contributed by atoms with Gasteiger partial charge >= 0.3 is 5.63 Å². The minimum absolute atomic E-state index is 0.0499. The van der Waals surface area contributed by atoms with Crippen molar-refractivity contribution in [1.82, 2.24) is 0 Å². The van der Waals surface area contributed by atoms with Crippen LogP contribution >= 0.6 is 0 Å². The summed E-state index contributed by atoms with van der Waals surface area (Å²) in [5.74, 6) is 0.898. The fraction of sp³-hybridized carbons (Fsp3) is 0.267. The van der Waals surface area contributed by atoms with Gasteiger partial charge in [0, 0.05) is 17.5 Å². The van der Waals surface area contributed by atoms with Crippen LogP contribution < -0.4 is 15.1 Å². The van der Waals surface area contributed by atoms with Gasteiger partial charge in [-0.05, 0) is 24.6 Å². The number of methoxy groups -OCH3 is 1. The zero-order valence-electron chi connectivity index (χ0n) is 11.4. The summed E-state index contributed by atoms with van der Waals surface area (Å²) in [6.45, 7) is 5.41. The highest BCUT2D eigenvalue weighted by Gasteiger charge is 2.11. The molecule has 0 fully saturated rings. The Morgan fingerprint density at radius 2 is 2.15 bits per heavy atom. The molecule has 20 heavy (non-hydrogen) atoms. The van der Waals surface area contributed by atoms with E-state index in [0.29, 0.717) is 22.7 Å². The van der Waals surface area contributed by atoms with Crippen LogP contribution in [0.4, 0.5) is 0 Å². The molecule has 5 heteroatoms. The molecule has 0 unspecified atom stereocenters.